The highest BCUT2D eigenvalue weighted by atomic mass is 79.9. The predicted octanol–water partition coefficient (Wildman–Crippen LogP) is 2.13. The zero-order valence-corrected chi connectivity index (χ0v) is 10.2. The van der Waals surface area contributed by atoms with Gasteiger partial charge in [0.25, 0.3) is 0 Å². The van der Waals surface area contributed by atoms with Crippen molar-refractivity contribution in [3.63, 3.8) is 0 Å². The second-order valence-corrected chi connectivity index (χ2v) is 3.87. The molecule has 0 bridgehead atoms. The standard InChI is InChI=1S/C11H10BrNO3/c1-2-16-11(15)5-7-8(6-13)9(12)3-4-10(7)14/h3-4,14H,2,5H2,1H3. The van der Waals surface area contributed by atoms with Crippen LogP contribution in [0.2, 0.25) is 0 Å². The fraction of sp³-hybridized carbons (Fsp3) is 0.273. The third kappa shape index (κ3) is 2.74. The Labute approximate surface area is 102 Å². The number of phenolic OH excluding ortho intramolecular Hbond substituents is 1. The normalized spacial score (nSPS) is 9.56. The third-order valence-corrected chi connectivity index (χ3v) is 2.64. The summed E-state index contributed by atoms with van der Waals surface area (Å²) in [5.41, 5.74) is 0.545. The summed E-state index contributed by atoms with van der Waals surface area (Å²) in [6, 6.07) is 4.93. The van der Waals surface area contributed by atoms with E-state index in [0.717, 1.165) is 0 Å². The molecule has 5 heteroatoms. The molecular weight excluding hydrogens is 274 g/mol. The van der Waals surface area contributed by atoms with Crippen LogP contribution in [0.3, 0.4) is 0 Å². The lowest BCUT2D eigenvalue weighted by Gasteiger charge is -2.07. The molecule has 0 fully saturated rings. The molecular formula is C11H10BrNO3. The minimum Gasteiger partial charge on any atom is -0.508 e. The minimum atomic E-state index is -0.465. The highest BCUT2D eigenvalue weighted by Gasteiger charge is 2.15. The van der Waals surface area contributed by atoms with E-state index in [2.05, 4.69) is 15.9 Å². The second kappa shape index (κ2) is 5.52. The number of phenols is 1. The Morgan fingerprint density at radius 2 is 2.31 bits per heavy atom. The molecule has 0 amide bonds. The number of hydrogen-bond donors (Lipinski definition) is 1. The number of aromatic hydroxyl groups is 1. The average molecular weight is 284 g/mol. The van der Waals surface area contributed by atoms with Gasteiger partial charge in [0.15, 0.2) is 0 Å². The van der Waals surface area contributed by atoms with Crippen LogP contribution < -0.4 is 0 Å². The zero-order chi connectivity index (χ0) is 12.1. The zero-order valence-electron chi connectivity index (χ0n) is 8.66. The first-order valence-electron chi connectivity index (χ1n) is 4.66. The van der Waals surface area contributed by atoms with Crippen molar-refractivity contribution in [1.82, 2.24) is 0 Å². The Balaban J connectivity index is 3.08. The minimum absolute atomic E-state index is 0.0761. The number of esters is 1. The molecule has 0 saturated carbocycles. The van der Waals surface area contributed by atoms with Crippen LogP contribution in [0, 0.1) is 11.3 Å². The highest BCUT2D eigenvalue weighted by molar-refractivity contribution is 9.10. The fourth-order valence-electron chi connectivity index (χ4n) is 1.26. The van der Waals surface area contributed by atoms with Crippen molar-refractivity contribution < 1.29 is 14.6 Å². The van der Waals surface area contributed by atoms with E-state index in [4.69, 9.17) is 10.00 Å². The average Bonchev–Trinajstić information content (AvgIpc) is 2.24. The number of carbonyl (C=O) groups excluding carboxylic acids is 1. The van der Waals surface area contributed by atoms with Crippen molar-refractivity contribution in [2.45, 2.75) is 13.3 Å². The molecule has 16 heavy (non-hydrogen) atoms. The highest BCUT2D eigenvalue weighted by Crippen LogP contribution is 2.28. The fourth-order valence-corrected chi connectivity index (χ4v) is 1.72. The van der Waals surface area contributed by atoms with Gasteiger partial charge in [-0.1, -0.05) is 0 Å². The number of hydrogen-bond acceptors (Lipinski definition) is 4. The molecule has 0 aromatic heterocycles. The molecule has 0 unspecified atom stereocenters. The van der Waals surface area contributed by atoms with E-state index in [0.29, 0.717) is 4.47 Å². The lowest BCUT2D eigenvalue weighted by atomic mass is 10.0. The summed E-state index contributed by atoms with van der Waals surface area (Å²) in [5.74, 6) is -0.541. The first kappa shape index (κ1) is 12.5. The largest absolute Gasteiger partial charge is 0.508 e. The second-order valence-electron chi connectivity index (χ2n) is 3.01. The maximum atomic E-state index is 11.3. The van der Waals surface area contributed by atoms with Crippen molar-refractivity contribution in [2.75, 3.05) is 6.61 Å². The molecule has 0 spiro atoms. The topological polar surface area (TPSA) is 70.3 Å². The van der Waals surface area contributed by atoms with Gasteiger partial charge in [0.2, 0.25) is 0 Å². The molecule has 0 heterocycles. The molecule has 0 aliphatic carbocycles. The van der Waals surface area contributed by atoms with E-state index in [1.807, 2.05) is 6.07 Å². The quantitative estimate of drug-likeness (QED) is 0.863. The van der Waals surface area contributed by atoms with E-state index in [9.17, 15) is 9.90 Å². The van der Waals surface area contributed by atoms with Gasteiger partial charge in [0.1, 0.15) is 11.8 Å². The van der Waals surface area contributed by atoms with Gasteiger partial charge >= 0.3 is 5.97 Å². The number of ether oxygens (including phenoxy) is 1. The molecule has 0 atom stereocenters. The van der Waals surface area contributed by atoms with Crippen LogP contribution in [-0.2, 0) is 16.0 Å². The summed E-state index contributed by atoms with van der Waals surface area (Å²) in [5, 5.41) is 18.5. The SMILES string of the molecule is CCOC(=O)Cc1c(O)ccc(Br)c1C#N. The van der Waals surface area contributed by atoms with Crippen LogP contribution in [0.15, 0.2) is 16.6 Å². The van der Waals surface area contributed by atoms with E-state index < -0.39 is 5.97 Å². The molecule has 4 nitrogen and oxygen atoms in total. The van der Waals surface area contributed by atoms with Gasteiger partial charge in [-0.05, 0) is 35.0 Å². The molecule has 1 aromatic rings. The number of nitriles is 1. The number of carbonyl (C=O) groups is 1. The van der Waals surface area contributed by atoms with Gasteiger partial charge in [-0.3, -0.25) is 4.79 Å². The molecule has 1 N–H and O–H groups in total. The van der Waals surface area contributed by atoms with Gasteiger partial charge < -0.3 is 9.84 Å². The monoisotopic (exact) mass is 283 g/mol. The van der Waals surface area contributed by atoms with Crippen molar-refractivity contribution >= 4 is 21.9 Å². The van der Waals surface area contributed by atoms with Gasteiger partial charge in [0, 0.05) is 10.0 Å². The Bertz CT molecular complexity index is 451. The number of nitrogens with zero attached hydrogens (tertiary/aromatic N) is 1. The molecule has 0 aliphatic rings. The summed E-state index contributed by atoms with van der Waals surface area (Å²) < 4.78 is 5.31. The summed E-state index contributed by atoms with van der Waals surface area (Å²) in [7, 11) is 0. The maximum Gasteiger partial charge on any atom is 0.310 e. The third-order valence-electron chi connectivity index (χ3n) is 1.98. The van der Waals surface area contributed by atoms with Crippen molar-refractivity contribution in [3.8, 4) is 11.8 Å². The maximum absolute atomic E-state index is 11.3. The van der Waals surface area contributed by atoms with Crippen LogP contribution in [0.25, 0.3) is 0 Å². The van der Waals surface area contributed by atoms with E-state index in [1.165, 1.54) is 6.07 Å². The smallest absolute Gasteiger partial charge is 0.310 e. The van der Waals surface area contributed by atoms with Gasteiger partial charge in [0.05, 0.1) is 18.6 Å². The van der Waals surface area contributed by atoms with Gasteiger partial charge in [-0.2, -0.15) is 5.26 Å². The summed E-state index contributed by atoms with van der Waals surface area (Å²) in [6.07, 6.45) is -0.109. The Morgan fingerprint density at radius 3 is 2.88 bits per heavy atom. The van der Waals surface area contributed by atoms with E-state index in [-0.39, 0.29) is 29.9 Å². The molecule has 0 saturated heterocycles. The Kier molecular flexibility index (Phi) is 4.32. The van der Waals surface area contributed by atoms with Crippen LogP contribution in [0.5, 0.6) is 5.75 Å². The summed E-state index contributed by atoms with van der Waals surface area (Å²) >= 11 is 3.18. The van der Waals surface area contributed by atoms with Crippen molar-refractivity contribution in [2.24, 2.45) is 0 Å². The predicted molar refractivity (Wildman–Crippen MR) is 60.9 cm³/mol. The van der Waals surface area contributed by atoms with Crippen LogP contribution in [-0.4, -0.2) is 17.7 Å². The molecule has 1 rings (SSSR count). The van der Waals surface area contributed by atoms with E-state index in [1.54, 1.807) is 13.0 Å². The van der Waals surface area contributed by atoms with Crippen molar-refractivity contribution in [1.29, 1.82) is 5.26 Å². The first-order valence-corrected chi connectivity index (χ1v) is 5.45. The lowest BCUT2D eigenvalue weighted by Crippen LogP contribution is -2.09. The molecule has 0 aliphatic heterocycles. The number of halogens is 1. The summed E-state index contributed by atoms with van der Waals surface area (Å²) in [4.78, 5) is 11.3. The van der Waals surface area contributed by atoms with Crippen molar-refractivity contribution in [3.05, 3.63) is 27.7 Å². The van der Waals surface area contributed by atoms with Gasteiger partial charge in [-0.25, -0.2) is 0 Å². The lowest BCUT2D eigenvalue weighted by molar-refractivity contribution is -0.142. The molecule has 0 radical (unpaired) electrons. The van der Waals surface area contributed by atoms with E-state index >= 15 is 0 Å². The number of rotatable bonds is 3. The Morgan fingerprint density at radius 1 is 1.62 bits per heavy atom. The van der Waals surface area contributed by atoms with Crippen LogP contribution in [0.4, 0.5) is 0 Å². The molecule has 1 aromatic carbocycles. The first-order chi connectivity index (χ1) is 7.60. The molecule has 84 valence electrons. The Hall–Kier alpha value is -1.54. The summed E-state index contributed by atoms with van der Waals surface area (Å²) in [6.45, 7) is 1.97. The number of benzene rings is 1. The van der Waals surface area contributed by atoms with Crippen LogP contribution >= 0.6 is 15.9 Å². The van der Waals surface area contributed by atoms with Gasteiger partial charge in [-0.15, -0.1) is 0 Å². The van der Waals surface area contributed by atoms with Crippen LogP contribution in [0.1, 0.15) is 18.1 Å².